The first-order valence-corrected chi connectivity index (χ1v) is 7.05. The average molecular weight is 265 g/mol. The molecule has 5 heteroatoms. The van der Waals surface area contributed by atoms with E-state index in [0.717, 1.165) is 11.6 Å². The number of aromatic carboxylic acids is 1. The lowest BCUT2D eigenvalue weighted by Crippen LogP contribution is -2.29. The van der Waals surface area contributed by atoms with Crippen molar-refractivity contribution in [1.29, 1.82) is 0 Å². The second kappa shape index (κ2) is 6.19. The fraction of sp³-hybridized carbons (Fsp3) is 0.714. The van der Waals surface area contributed by atoms with Crippen LogP contribution in [-0.4, -0.2) is 26.9 Å². The van der Waals surface area contributed by atoms with Gasteiger partial charge in [0.05, 0.1) is 11.9 Å². The molecule has 0 aliphatic heterocycles. The minimum Gasteiger partial charge on any atom is -0.478 e. The van der Waals surface area contributed by atoms with Crippen LogP contribution in [0.25, 0.3) is 0 Å². The number of hydrogen-bond donors (Lipinski definition) is 2. The average Bonchev–Trinajstić information content (AvgIpc) is 2.60. The van der Waals surface area contributed by atoms with E-state index in [1.807, 2.05) is 0 Å². The van der Waals surface area contributed by atoms with Gasteiger partial charge in [-0.05, 0) is 25.2 Å². The first kappa shape index (κ1) is 14.1. The first-order chi connectivity index (χ1) is 9.08. The zero-order valence-corrected chi connectivity index (χ0v) is 11.7. The third kappa shape index (κ3) is 3.56. The van der Waals surface area contributed by atoms with Crippen LogP contribution >= 0.6 is 0 Å². The molecule has 106 valence electrons. The van der Waals surface area contributed by atoms with E-state index < -0.39 is 5.97 Å². The molecule has 0 bridgehead atoms. The van der Waals surface area contributed by atoms with Gasteiger partial charge >= 0.3 is 5.97 Å². The van der Waals surface area contributed by atoms with E-state index in [-0.39, 0.29) is 0 Å². The molecule has 1 aromatic rings. The van der Waals surface area contributed by atoms with Gasteiger partial charge in [-0.1, -0.05) is 19.8 Å². The van der Waals surface area contributed by atoms with Gasteiger partial charge in [0.15, 0.2) is 0 Å². The minimum atomic E-state index is -0.903. The Morgan fingerprint density at radius 3 is 3.00 bits per heavy atom. The van der Waals surface area contributed by atoms with E-state index in [2.05, 4.69) is 17.3 Å². The summed E-state index contributed by atoms with van der Waals surface area (Å²) in [7, 11) is 1.79. The molecule has 0 radical (unpaired) electrons. The molecule has 1 aliphatic rings. The van der Waals surface area contributed by atoms with Crippen LogP contribution in [0.4, 0.5) is 0 Å². The van der Waals surface area contributed by atoms with Gasteiger partial charge in [-0.25, -0.2) is 4.79 Å². The number of carboxylic acid groups (broad SMARTS) is 1. The van der Waals surface area contributed by atoms with Crippen LogP contribution in [0.5, 0.6) is 0 Å². The van der Waals surface area contributed by atoms with Gasteiger partial charge in [0, 0.05) is 19.6 Å². The monoisotopic (exact) mass is 265 g/mol. The first-order valence-electron chi connectivity index (χ1n) is 7.05. The number of aryl methyl sites for hydroxylation is 1. The van der Waals surface area contributed by atoms with Gasteiger partial charge in [-0.2, -0.15) is 5.10 Å². The SMILES string of the molecule is CC1CCCC(NCc2c(C(=O)O)cnn2C)CC1. The van der Waals surface area contributed by atoms with Crippen LogP contribution < -0.4 is 5.32 Å². The molecule has 0 aromatic carbocycles. The highest BCUT2D eigenvalue weighted by Crippen LogP contribution is 2.23. The summed E-state index contributed by atoms with van der Waals surface area (Å²) in [6, 6.07) is 0.501. The summed E-state index contributed by atoms with van der Waals surface area (Å²) in [6.07, 6.45) is 7.62. The highest BCUT2D eigenvalue weighted by atomic mass is 16.4. The van der Waals surface area contributed by atoms with Crippen LogP contribution in [0.3, 0.4) is 0 Å². The summed E-state index contributed by atoms with van der Waals surface area (Å²) in [5.74, 6) is -0.0857. The summed E-state index contributed by atoms with van der Waals surface area (Å²) in [5.41, 5.74) is 1.06. The summed E-state index contributed by atoms with van der Waals surface area (Å²) in [5, 5.41) is 16.6. The second-order valence-electron chi connectivity index (χ2n) is 5.62. The maximum absolute atomic E-state index is 11.1. The molecule has 2 atom stereocenters. The standard InChI is InChI=1S/C14H23N3O2/c1-10-4-3-5-11(7-6-10)15-9-13-12(14(18)19)8-16-17(13)2/h8,10-11,15H,3-7,9H2,1-2H3,(H,18,19). The van der Waals surface area contributed by atoms with E-state index in [0.29, 0.717) is 18.2 Å². The number of nitrogens with one attached hydrogen (secondary N) is 1. The van der Waals surface area contributed by atoms with Gasteiger partial charge in [0.25, 0.3) is 0 Å². The lowest BCUT2D eigenvalue weighted by atomic mass is 10.0. The lowest BCUT2D eigenvalue weighted by Gasteiger charge is -2.16. The van der Waals surface area contributed by atoms with Crippen molar-refractivity contribution in [2.75, 3.05) is 0 Å². The number of rotatable bonds is 4. The molecule has 1 heterocycles. The van der Waals surface area contributed by atoms with Crippen LogP contribution in [-0.2, 0) is 13.6 Å². The van der Waals surface area contributed by atoms with Crippen molar-refractivity contribution < 1.29 is 9.90 Å². The smallest absolute Gasteiger partial charge is 0.339 e. The molecule has 2 unspecified atom stereocenters. The van der Waals surface area contributed by atoms with Gasteiger partial charge < -0.3 is 10.4 Å². The quantitative estimate of drug-likeness (QED) is 0.819. The Bertz CT molecular complexity index is 442. The maximum Gasteiger partial charge on any atom is 0.339 e. The highest BCUT2D eigenvalue weighted by molar-refractivity contribution is 5.88. The molecule has 1 aliphatic carbocycles. The Hall–Kier alpha value is -1.36. The van der Waals surface area contributed by atoms with Crippen molar-refractivity contribution in [3.8, 4) is 0 Å². The van der Waals surface area contributed by atoms with E-state index in [1.54, 1.807) is 11.7 Å². The number of nitrogens with zero attached hydrogens (tertiary/aromatic N) is 2. The van der Waals surface area contributed by atoms with E-state index in [1.165, 1.54) is 38.3 Å². The zero-order valence-electron chi connectivity index (χ0n) is 11.7. The number of carbonyl (C=O) groups is 1. The Morgan fingerprint density at radius 2 is 2.26 bits per heavy atom. The van der Waals surface area contributed by atoms with Gasteiger partial charge in [0.2, 0.25) is 0 Å². The van der Waals surface area contributed by atoms with Crippen molar-refractivity contribution >= 4 is 5.97 Å². The molecule has 1 fully saturated rings. The fourth-order valence-electron chi connectivity index (χ4n) is 2.78. The van der Waals surface area contributed by atoms with Crippen molar-refractivity contribution in [3.05, 3.63) is 17.5 Å². The third-order valence-electron chi connectivity index (χ3n) is 4.11. The van der Waals surface area contributed by atoms with Crippen LogP contribution in [0.2, 0.25) is 0 Å². The Kier molecular flexibility index (Phi) is 4.58. The van der Waals surface area contributed by atoms with Crippen molar-refractivity contribution in [3.63, 3.8) is 0 Å². The summed E-state index contributed by atoms with van der Waals surface area (Å²) in [4.78, 5) is 11.1. The maximum atomic E-state index is 11.1. The molecule has 19 heavy (non-hydrogen) atoms. The van der Waals surface area contributed by atoms with Crippen molar-refractivity contribution in [2.45, 2.75) is 51.6 Å². The summed E-state index contributed by atoms with van der Waals surface area (Å²) in [6.45, 7) is 2.89. The molecule has 5 nitrogen and oxygen atoms in total. The molecule has 0 amide bonds. The molecular formula is C14H23N3O2. The molecule has 0 spiro atoms. The van der Waals surface area contributed by atoms with E-state index in [4.69, 9.17) is 5.11 Å². The van der Waals surface area contributed by atoms with Crippen molar-refractivity contribution in [1.82, 2.24) is 15.1 Å². The zero-order chi connectivity index (χ0) is 13.8. The van der Waals surface area contributed by atoms with Crippen LogP contribution in [0.15, 0.2) is 6.20 Å². The van der Waals surface area contributed by atoms with E-state index >= 15 is 0 Å². The molecule has 2 rings (SSSR count). The molecule has 1 saturated carbocycles. The van der Waals surface area contributed by atoms with Crippen LogP contribution in [0.1, 0.15) is 55.1 Å². The fourth-order valence-corrected chi connectivity index (χ4v) is 2.78. The van der Waals surface area contributed by atoms with Gasteiger partial charge in [-0.3, -0.25) is 4.68 Å². The van der Waals surface area contributed by atoms with Gasteiger partial charge in [0.1, 0.15) is 5.56 Å². The number of carboxylic acids is 1. The Labute approximate surface area is 114 Å². The molecular weight excluding hydrogens is 242 g/mol. The summed E-state index contributed by atoms with van der Waals surface area (Å²) < 4.78 is 1.65. The van der Waals surface area contributed by atoms with Crippen LogP contribution in [0, 0.1) is 5.92 Å². The van der Waals surface area contributed by atoms with Gasteiger partial charge in [-0.15, -0.1) is 0 Å². The topological polar surface area (TPSA) is 67.2 Å². The largest absolute Gasteiger partial charge is 0.478 e. The van der Waals surface area contributed by atoms with E-state index in [9.17, 15) is 4.79 Å². The lowest BCUT2D eigenvalue weighted by molar-refractivity contribution is 0.0695. The predicted octanol–water partition coefficient (Wildman–Crippen LogP) is 2.18. The van der Waals surface area contributed by atoms with Crippen molar-refractivity contribution in [2.24, 2.45) is 13.0 Å². The molecule has 0 saturated heterocycles. The second-order valence-corrected chi connectivity index (χ2v) is 5.62. The number of aromatic nitrogens is 2. The highest BCUT2D eigenvalue weighted by Gasteiger charge is 2.19. The molecule has 1 aromatic heterocycles. The summed E-state index contributed by atoms with van der Waals surface area (Å²) >= 11 is 0. The Morgan fingerprint density at radius 1 is 1.47 bits per heavy atom. The minimum absolute atomic E-state index is 0.303. The third-order valence-corrected chi connectivity index (χ3v) is 4.11. The number of hydrogen-bond acceptors (Lipinski definition) is 3. The Balaban J connectivity index is 1.95. The molecule has 2 N–H and O–H groups in total. The normalized spacial score (nSPS) is 24.1. The predicted molar refractivity (Wildman–Crippen MR) is 73.0 cm³/mol.